The lowest BCUT2D eigenvalue weighted by atomic mass is 10.1. The monoisotopic (exact) mass is 501 g/mol. The van der Waals surface area contributed by atoms with Crippen molar-refractivity contribution in [3.05, 3.63) is 76.0 Å². The first-order chi connectivity index (χ1) is 16.2. The van der Waals surface area contributed by atoms with Gasteiger partial charge in [0.1, 0.15) is 18.1 Å². The first-order valence-corrected chi connectivity index (χ1v) is 12.5. The summed E-state index contributed by atoms with van der Waals surface area (Å²) < 4.78 is 39.9. The highest BCUT2D eigenvalue weighted by Gasteiger charge is 2.34. The zero-order valence-electron chi connectivity index (χ0n) is 20.7. The van der Waals surface area contributed by atoms with Crippen molar-refractivity contribution in [1.29, 1.82) is 0 Å². The molecule has 0 spiro atoms. The van der Waals surface area contributed by atoms with E-state index in [-0.39, 0.29) is 29.5 Å². The van der Waals surface area contributed by atoms with Gasteiger partial charge in [-0.3, -0.25) is 4.31 Å². The van der Waals surface area contributed by atoms with E-state index in [1.807, 2.05) is 13.8 Å². The lowest BCUT2D eigenvalue weighted by Gasteiger charge is -2.31. The number of carboxylic acid groups (broad SMARTS) is 1. The number of rotatable bonds is 9. The Morgan fingerprint density at radius 2 is 1.66 bits per heavy atom. The first kappa shape index (κ1) is 26.3. The summed E-state index contributed by atoms with van der Waals surface area (Å²) in [6.07, 6.45) is 0. The molecule has 0 bridgehead atoms. The number of aliphatic hydroxyl groups is 1. The number of ether oxygens (including phenoxy) is 1. The quantitative estimate of drug-likeness (QED) is 0.434. The van der Waals surface area contributed by atoms with Crippen LogP contribution < -0.4 is 9.04 Å². The molecule has 1 aromatic heterocycles. The van der Waals surface area contributed by atoms with Crippen LogP contribution >= 0.6 is 0 Å². The second-order valence-electron chi connectivity index (χ2n) is 9.33. The fourth-order valence-electron chi connectivity index (χ4n) is 3.54. The lowest BCUT2D eigenvalue weighted by molar-refractivity contribution is 0.0696. The van der Waals surface area contributed by atoms with E-state index in [1.165, 1.54) is 26.0 Å². The van der Waals surface area contributed by atoms with E-state index in [0.717, 1.165) is 26.6 Å². The second-order valence-corrected chi connectivity index (χ2v) is 11.1. The van der Waals surface area contributed by atoms with E-state index < -0.39 is 21.6 Å². The van der Waals surface area contributed by atoms with Crippen molar-refractivity contribution in [2.45, 2.75) is 58.8 Å². The molecule has 1 heterocycles. The van der Waals surface area contributed by atoms with Crippen LogP contribution in [0.4, 0.5) is 5.69 Å². The van der Waals surface area contributed by atoms with Gasteiger partial charge in [0.2, 0.25) is 5.09 Å². The third kappa shape index (κ3) is 6.04. The molecular weight excluding hydrogens is 470 g/mol. The largest absolute Gasteiger partial charge is 0.487 e. The number of nitrogens with zero attached hydrogens (tertiary/aromatic N) is 1. The normalized spacial score (nSPS) is 12.0. The molecule has 9 heteroatoms. The van der Waals surface area contributed by atoms with Gasteiger partial charge in [0.15, 0.2) is 0 Å². The van der Waals surface area contributed by atoms with Gasteiger partial charge in [0.05, 0.1) is 23.4 Å². The molecule has 0 atom stereocenters. The highest BCUT2D eigenvalue weighted by Crippen LogP contribution is 2.37. The summed E-state index contributed by atoms with van der Waals surface area (Å²) in [7, 11) is -4.16. The van der Waals surface area contributed by atoms with Gasteiger partial charge in [-0.1, -0.05) is 6.07 Å². The van der Waals surface area contributed by atoms with Crippen LogP contribution in [0.3, 0.4) is 0 Å². The van der Waals surface area contributed by atoms with Crippen LogP contribution in [0.5, 0.6) is 5.75 Å². The first-order valence-electron chi connectivity index (χ1n) is 11.1. The Kier molecular flexibility index (Phi) is 7.33. The van der Waals surface area contributed by atoms with E-state index in [2.05, 4.69) is 0 Å². The van der Waals surface area contributed by atoms with Crippen molar-refractivity contribution in [3.63, 3.8) is 0 Å². The molecule has 0 fully saturated rings. The van der Waals surface area contributed by atoms with Gasteiger partial charge in [0, 0.05) is 0 Å². The molecule has 3 aromatic rings. The molecule has 0 aliphatic rings. The van der Waals surface area contributed by atoms with E-state index in [1.54, 1.807) is 44.2 Å². The third-order valence-corrected chi connectivity index (χ3v) is 7.24. The SMILES string of the molecule is Cc1ccc(S(=O)(=O)N(CC(C)(C)O)c2cc(C)c(C)cc2OCc2ccc(C(=O)O)cc2C)o1. The number of aryl methyl sites for hydroxylation is 4. The Morgan fingerprint density at radius 3 is 2.20 bits per heavy atom. The van der Waals surface area contributed by atoms with Crippen LogP contribution in [-0.4, -0.2) is 36.7 Å². The maximum atomic E-state index is 13.6. The maximum absolute atomic E-state index is 13.6. The van der Waals surface area contributed by atoms with E-state index >= 15 is 0 Å². The Balaban J connectivity index is 2.07. The van der Waals surface area contributed by atoms with Gasteiger partial charge in [-0.05, 0) is 100 Å². The molecule has 2 N–H and O–H groups in total. The fourth-order valence-corrected chi connectivity index (χ4v) is 5.12. The van der Waals surface area contributed by atoms with Crippen molar-refractivity contribution < 1.29 is 32.6 Å². The molecular formula is C26H31NO7S. The van der Waals surface area contributed by atoms with Gasteiger partial charge in [-0.25, -0.2) is 4.79 Å². The molecule has 3 rings (SSSR count). The van der Waals surface area contributed by atoms with Gasteiger partial charge < -0.3 is 19.4 Å². The summed E-state index contributed by atoms with van der Waals surface area (Å²) in [5, 5.41) is 19.5. The Bertz CT molecular complexity index is 1350. The predicted octanol–water partition coefficient (Wildman–Crippen LogP) is 4.76. The minimum atomic E-state index is -4.16. The molecule has 2 aromatic carbocycles. The molecule has 8 nitrogen and oxygen atoms in total. The second kappa shape index (κ2) is 9.75. The molecule has 188 valence electrons. The van der Waals surface area contributed by atoms with Gasteiger partial charge in [0.25, 0.3) is 10.0 Å². The minimum absolute atomic E-state index is 0.0947. The zero-order valence-corrected chi connectivity index (χ0v) is 21.6. The average molecular weight is 502 g/mol. The van der Waals surface area contributed by atoms with Crippen molar-refractivity contribution in [2.75, 3.05) is 10.8 Å². The molecule has 0 aliphatic carbocycles. The van der Waals surface area contributed by atoms with Gasteiger partial charge >= 0.3 is 5.97 Å². The predicted molar refractivity (Wildman–Crippen MR) is 133 cm³/mol. The summed E-state index contributed by atoms with van der Waals surface area (Å²) in [5.41, 5.74) is 2.34. The highest BCUT2D eigenvalue weighted by molar-refractivity contribution is 7.92. The summed E-state index contributed by atoms with van der Waals surface area (Å²) in [5.74, 6) is -0.257. The number of sulfonamides is 1. The molecule has 0 radical (unpaired) electrons. The number of hydrogen-bond acceptors (Lipinski definition) is 6. The molecule has 0 amide bonds. The maximum Gasteiger partial charge on any atom is 0.335 e. The topological polar surface area (TPSA) is 117 Å². The zero-order chi connectivity index (χ0) is 26.1. The van der Waals surface area contributed by atoms with Crippen molar-refractivity contribution in [3.8, 4) is 5.75 Å². The van der Waals surface area contributed by atoms with Crippen LogP contribution in [0.15, 0.2) is 52.0 Å². The number of aromatic carboxylic acids is 1. The summed E-state index contributed by atoms with van der Waals surface area (Å²) >= 11 is 0. The third-order valence-electron chi connectivity index (χ3n) is 5.61. The number of furan rings is 1. The summed E-state index contributed by atoms with van der Waals surface area (Å²) in [6.45, 7) is 10.1. The van der Waals surface area contributed by atoms with Crippen LogP contribution in [0.25, 0.3) is 0 Å². The van der Waals surface area contributed by atoms with Crippen LogP contribution in [0.2, 0.25) is 0 Å². The van der Waals surface area contributed by atoms with E-state index in [4.69, 9.17) is 9.15 Å². The molecule has 35 heavy (non-hydrogen) atoms. The number of benzene rings is 2. The number of anilines is 1. The van der Waals surface area contributed by atoms with Crippen LogP contribution in [0, 0.1) is 27.7 Å². The molecule has 0 saturated carbocycles. The van der Waals surface area contributed by atoms with Crippen molar-refractivity contribution in [2.24, 2.45) is 0 Å². The van der Waals surface area contributed by atoms with Crippen LogP contribution in [0.1, 0.15) is 52.2 Å². The Morgan fingerprint density at radius 1 is 1.00 bits per heavy atom. The average Bonchev–Trinajstić information content (AvgIpc) is 3.19. The highest BCUT2D eigenvalue weighted by atomic mass is 32.2. The molecule has 0 saturated heterocycles. The fraction of sp³-hybridized carbons (Fsp3) is 0.346. The Hall–Kier alpha value is -3.30. The van der Waals surface area contributed by atoms with Gasteiger partial charge in [-0.2, -0.15) is 8.42 Å². The van der Waals surface area contributed by atoms with Crippen LogP contribution in [-0.2, 0) is 16.6 Å². The lowest BCUT2D eigenvalue weighted by Crippen LogP contribution is -2.42. The molecule has 0 unspecified atom stereocenters. The number of carbonyl (C=O) groups is 1. The van der Waals surface area contributed by atoms with E-state index in [0.29, 0.717) is 11.5 Å². The smallest absolute Gasteiger partial charge is 0.335 e. The minimum Gasteiger partial charge on any atom is -0.487 e. The number of hydrogen-bond donors (Lipinski definition) is 2. The number of carboxylic acids is 1. The van der Waals surface area contributed by atoms with E-state index in [9.17, 15) is 23.4 Å². The Labute approximate surface area is 205 Å². The van der Waals surface area contributed by atoms with Gasteiger partial charge in [-0.15, -0.1) is 0 Å². The molecule has 0 aliphatic heterocycles. The van der Waals surface area contributed by atoms with Crippen molar-refractivity contribution >= 4 is 21.7 Å². The standard InChI is InChI=1S/C26H31NO7S/c1-16-12-22(27(15-26(5,6)30)35(31,32)24-10-7-19(4)34-24)23(13-17(16)2)33-14-21-9-8-20(25(28)29)11-18(21)3/h7-13,30H,14-15H2,1-6H3,(H,28,29). The van der Waals surface area contributed by atoms with Crippen molar-refractivity contribution in [1.82, 2.24) is 0 Å². The summed E-state index contributed by atoms with van der Waals surface area (Å²) in [6, 6.07) is 11.2. The summed E-state index contributed by atoms with van der Waals surface area (Å²) in [4.78, 5) is 11.2.